The lowest BCUT2D eigenvalue weighted by molar-refractivity contribution is 0.576. The molecule has 1 aliphatic rings. The minimum absolute atomic E-state index is 0.445. The highest BCUT2D eigenvalue weighted by Gasteiger charge is 2.26. The van der Waals surface area contributed by atoms with Gasteiger partial charge < -0.3 is 5.32 Å². The summed E-state index contributed by atoms with van der Waals surface area (Å²) < 4.78 is 26.4. The van der Waals surface area contributed by atoms with E-state index in [1.807, 2.05) is 6.92 Å². The Hall–Kier alpha value is -0.660. The molecule has 0 spiro atoms. The number of nitrogens with zero attached hydrogens (tertiary/aromatic N) is 1. The molecule has 1 heterocycles. The number of rotatable bonds is 6. The van der Waals surface area contributed by atoms with Gasteiger partial charge in [-0.15, -0.1) is 11.3 Å². The average Bonchev–Trinajstić information content (AvgIpc) is 2.99. The van der Waals surface area contributed by atoms with Crippen molar-refractivity contribution in [1.82, 2.24) is 10.3 Å². The van der Waals surface area contributed by atoms with Crippen LogP contribution in [0.4, 0.5) is 5.13 Å². The smallest absolute Gasteiger partial charge is 0.238 e. The Bertz CT molecular complexity index is 479. The first-order valence-corrected chi connectivity index (χ1v) is 8.01. The number of hydrogen-bond donors (Lipinski definition) is 2. The highest BCUT2D eigenvalue weighted by atomic mass is 32.2. The van der Waals surface area contributed by atoms with Crippen molar-refractivity contribution in [3.8, 4) is 0 Å². The molecule has 1 aliphatic carbocycles. The lowest BCUT2D eigenvalue weighted by Crippen LogP contribution is -2.35. The molecule has 0 saturated heterocycles. The third kappa shape index (κ3) is 3.65. The Kier molecular flexibility index (Phi) is 3.70. The first kappa shape index (κ1) is 12.8. The van der Waals surface area contributed by atoms with Crippen molar-refractivity contribution in [2.24, 2.45) is 0 Å². The standard InChI is InChI=1S/C10H17N3O2S2/c1-7-5-12-10(16-7)13-17(14,15)8(2)6-11-9-3-4-9/h5,8-9,11H,3-4,6H2,1-2H3,(H,12,13). The zero-order chi connectivity index (χ0) is 12.5. The second-order valence-electron chi connectivity index (χ2n) is 4.42. The summed E-state index contributed by atoms with van der Waals surface area (Å²) in [7, 11) is -3.33. The number of aryl methyl sites for hydroxylation is 1. The Morgan fingerprint density at radius 1 is 1.59 bits per heavy atom. The maximum absolute atomic E-state index is 12.0. The molecule has 1 unspecified atom stereocenters. The van der Waals surface area contributed by atoms with Crippen LogP contribution in [0, 0.1) is 6.92 Å². The third-order valence-electron chi connectivity index (χ3n) is 2.65. The summed E-state index contributed by atoms with van der Waals surface area (Å²) >= 11 is 1.35. The van der Waals surface area contributed by atoms with E-state index in [4.69, 9.17) is 0 Å². The number of thiazole rings is 1. The molecule has 17 heavy (non-hydrogen) atoms. The fraction of sp³-hybridized carbons (Fsp3) is 0.700. The van der Waals surface area contributed by atoms with Crippen molar-refractivity contribution >= 4 is 26.5 Å². The van der Waals surface area contributed by atoms with Crippen LogP contribution >= 0.6 is 11.3 Å². The fourth-order valence-corrected chi connectivity index (χ4v) is 3.20. The van der Waals surface area contributed by atoms with Crippen molar-refractivity contribution < 1.29 is 8.42 Å². The molecule has 1 fully saturated rings. The van der Waals surface area contributed by atoms with E-state index < -0.39 is 15.3 Å². The minimum atomic E-state index is -3.33. The molecule has 1 saturated carbocycles. The van der Waals surface area contributed by atoms with Gasteiger partial charge in [-0.1, -0.05) is 0 Å². The summed E-state index contributed by atoms with van der Waals surface area (Å²) in [6.07, 6.45) is 3.98. The topological polar surface area (TPSA) is 71.1 Å². The van der Waals surface area contributed by atoms with Gasteiger partial charge in [0, 0.05) is 23.7 Å². The highest BCUT2D eigenvalue weighted by molar-refractivity contribution is 7.93. The molecule has 0 amide bonds. The second kappa shape index (κ2) is 4.91. The van der Waals surface area contributed by atoms with Gasteiger partial charge in [0.2, 0.25) is 10.0 Å². The lowest BCUT2D eigenvalue weighted by atomic mass is 10.4. The van der Waals surface area contributed by atoms with Gasteiger partial charge in [0.05, 0.1) is 5.25 Å². The summed E-state index contributed by atoms with van der Waals surface area (Å²) in [6, 6.07) is 0.523. The van der Waals surface area contributed by atoms with Crippen molar-refractivity contribution in [2.45, 2.75) is 38.0 Å². The van der Waals surface area contributed by atoms with Crippen LogP contribution < -0.4 is 10.0 Å². The van der Waals surface area contributed by atoms with Gasteiger partial charge in [0.15, 0.2) is 5.13 Å². The predicted octanol–water partition coefficient (Wildman–Crippen LogP) is 1.33. The molecule has 7 heteroatoms. The van der Waals surface area contributed by atoms with E-state index in [0.717, 1.165) is 17.7 Å². The van der Waals surface area contributed by atoms with Crippen molar-refractivity contribution in [2.75, 3.05) is 11.3 Å². The van der Waals surface area contributed by atoms with Gasteiger partial charge in [-0.2, -0.15) is 0 Å². The molecule has 96 valence electrons. The molecule has 2 rings (SSSR count). The van der Waals surface area contributed by atoms with E-state index in [-0.39, 0.29) is 0 Å². The highest BCUT2D eigenvalue weighted by Crippen LogP contribution is 2.20. The maximum atomic E-state index is 12.0. The third-order valence-corrected chi connectivity index (χ3v) is 5.31. The average molecular weight is 275 g/mol. The Labute approximate surface area is 106 Å². The second-order valence-corrected chi connectivity index (χ2v) is 7.75. The van der Waals surface area contributed by atoms with Crippen LogP contribution in [-0.4, -0.2) is 31.2 Å². The number of aromatic nitrogens is 1. The lowest BCUT2D eigenvalue weighted by Gasteiger charge is -2.13. The van der Waals surface area contributed by atoms with Gasteiger partial charge in [-0.3, -0.25) is 4.72 Å². The van der Waals surface area contributed by atoms with Gasteiger partial charge in [0.1, 0.15) is 0 Å². The molecule has 0 bridgehead atoms. The largest absolute Gasteiger partial charge is 0.313 e. The van der Waals surface area contributed by atoms with Crippen LogP contribution in [0.25, 0.3) is 0 Å². The molecule has 5 nitrogen and oxygen atoms in total. The zero-order valence-corrected chi connectivity index (χ0v) is 11.6. The van der Waals surface area contributed by atoms with Gasteiger partial charge in [-0.05, 0) is 26.7 Å². The SMILES string of the molecule is Cc1cnc(NS(=O)(=O)C(C)CNC2CC2)s1. The van der Waals surface area contributed by atoms with Crippen LogP contribution in [0.2, 0.25) is 0 Å². The van der Waals surface area contributed by atoms with Crippen LogP contribution in [0.1, 0.15) is 24.6 Å². The molecule has 0 aromatic carbocycles. The van der Waals surface area contributed by atoms with Crippen molar-refractivity contribution in [3.63, 3.8) is 0 Å². The van der Waals surface area contributed by atoms with E-state index >= 15 is 0 Å². The molecule has 0 aliphatic heterocycles. The zero-order valence-electron chi connectivity index (χ0n) is 9.93. The van der Waals surface area contributed by atoms with E-state index in [0.29, 0.717) is 17.7 Å². The number of sulfonamides is 1. The molecule has 1 atom stereocenters. The summed E-state index contributed by atoms with van der Waals surface area (Å²) in [5.41, 5.74) is 0. The Morgan fingerprint density at radius 2 is 2.29 bits per heavy atom. The molecule has 1 aromatic heterocycles. The van der Waals surface area contributed by atoms with Crippen LogP contribution in [0.15, 0.2) is 6.20 Å². The first-order chi connectivity index (χ1) is 7.97. The summed E-state index contributed by atoms with van der Waals surface area (Å²) in [5.74, 6) is 0. The minimum Gasteiger partial charge on any atom is -0.313 e. The Balaban J connectivity index is 1.92. The molecule has 1 aromatic rings. The molecule has 2 N–H and O–H groups in total. The van der Waals surface area contributed by atoms with Crippen LogP contribution in [-0.2, 0) is 10.0 Å². The molecule has 0 radical (unpaired) electrons. The van der Waals surface area contributed by atoms with E-state index in [9.17, 15) is 8.42 Å². The number of nitrogens with one attached hydrogen (secondary N) is 2. The molecular formula is C10H17N3O2S2. The predicted molar refractivity (Wildman–Crippen MR) is 69.9 cm³/mol. The number of hydrogen-bond acceptors (Lipinski definition) is 5. The van der Waals surface area contributed by atoms with Crippen LogP contribution in [0.3, 0.4) is 0 Å². The quantitative estimate of drug-likeness (QED) is 0.822. The maximum Gasteiger partial charge on any atom is 0.238 e. The van der Waals surface area contributed by atoms with Gasteiger partial charge >= 0.3 is 0 Å². The van der Waals surface area contributed by atoms with Gasteiger partial charge in [-0.25, -0.2) is 13.4 Å². The summed E-state index contributed by atoms with van der Waals surface area (Å²) in [6.45, 7) is 4.09. The summed E-state index contributed by atoms with van der Waals surface area (Å²) in [5, 5.41) is 3.21. The fourth-order valence-electron chi connectivity index (χ4n) is 1.35. The van der Waals surface area contributed by atoms with Crippen LogP contribution in [0.5, 0.6) is 0 Å². The van der Waals surface area contributed by atoms with E-state index in [1.54, 1.807) is 13.1 Å². The van der Waals surface area contributed by atoms with Crippen molar-refractivity contribution in [3.05, 3.63) is 11.1 Å². The summed E-state index contributed by atoms with van der Waals surface area (Å²) in [4.78, 5) is 4.99. The Morgan fingerprint density at radius 3 is 2.82 bits per heavy atom. The normalized spacial score (nSPS) is 18.0. The van der Waals surface area contributed by atoms with E-state index in [1.165, 1.54) is 11.3 Å². The monoisotopic (exact) mass is 275 g/mol. The number of anilines is 1. The molecular weight excluding hydrogens is 258 g/mol. The van der Waals surface area contributed by atoms with Crippen molar-refractivity contribution in [1.29, 1.82) is 0 Å². The van der Waals surface area contributed by atoms with E-state index in [2.05, 4.69) is 15.0 Å². The van der Waals surface area contributed by atoms with Gasteiger partial charge in [0.25, 0.3) is 0 Å². The first-order valence-electron chi connectivity index (χ1n) is 5.65.